The number of sulfone groups is 1. The summed E-state index contributed by atoms with van der Waals surface area (Å²) in [5, 5.41) is 0. The lowest BCUT2D eigenvalue weighted by Crippen LogP contribution is -2.42. The van der Waals surface area contributed by atoms with Crippen molar-refractivity contribution in [2.75, 3.05) is 13.2 Å². The molecule has 1 aromatic rings. The van der Waals surface area contributed by atoms with E-state index in [0.717, 1.165) is 0 Å². The molecule has 1 spiro atoms. The molecule has 0 N–H and O–H groups in total. The normalized spacial score (nSPS) is 28.9. The van der Waals surface area contributed by atoms with Gasteiger partial charge in [-0.1, -0.05) is 24.3 Å². The molecule has 5 heteroatoms. The highest BCUT2D eigenvalue weighted by molar-refractivity contribution is 7.93. The summed E-state index contributed by atoms with van der Waals surface area (Å²) in [7, 11) is -3.41. The van der Waals surface area contributed by atoms with E-state index in [9.17, 15) is 8.42 Å². The van der Waals surface area contributed by atoms with Crippen LogP contribution in [-0.4, -0.2) is 32.2 Å². The van der Waals surface area contributed by atoms with Gasteiger partial charge in [0.1, 0.15) is 0 Å². The van der Waals surface area contributed by atoms with Gasteiger partial charge in [-0.15, -0.1) is 0 Å². The fraction of sp³-hybridized carbons (Fsp3) is 0.467. The predicted molar refractivity (Wildman–Crippen MR) is 75.0 cm³/mol. The Hall–Kier alpha value is -1.17. The molecular formula is C15H18O4S. The van der Waals surface area contributed by atoms with E-state index < -0.39 is 20.4 Å². The van der Waals surface area contributed by atoms with Crippen molar-refractivity contribution in [1.29, 1.82) is 0 Å². The molecule has 3 rings (SSSR count). The number of rotatable bonds is 2. The second kappa shape index (κ2) is 4.69. The average molecular weight is 294 g/mol. The Balaban J connectivity index is 1.94. The van der Waals surface area contributed by atoms with E-state index >= 15 is 0 Å². The summed E-state index contributed by atoms with van der Waals surface area (Å²) in [6, 6.07) is 8.58. The Morgan fingerprint density at radius 1 is 1.00 bits per heavy atom. The lowest BCUT2D eigenvalue weighted by molar-refractivity contribution is -0.126. The molecule has 0 aromatic heterocycles. The van der Waals surface area contributed by atoms with Crippen molar-refractivity contribution in [3.05, 3.63) is 42.5 Å². The topological polar surface area (TPSA) is 52.6 Å². The molecule has 0 bridgehead atoms. The first-order valence-electron chi connectivity index (χ1n) is 6.76. The number of ether oxygens (including phenoxy) is 2. The third-order valence-electron chi connectivity index (χ3n) is 4.10. The minimum atomic E-state index is -3.41. The van der Waals surface area contributed by atoms with Crippen LogP contribution in [0.4, 0.5) is 0 Å². The van der Waals surface area contributed by atoms with Gasteiger partial charge < -0.3 is 9.47 Å². The number of hydrogen-bond donors (Lipinski definition) is 0. The molecule has 0 saturated carbocycles. The summed E-state index contributed by atoms with van der Waals surface area (Å²) >= 11 is 0. The Morgan fingerprint density at radius 2 is 1.65 bits per heavy atom. The molecular weight excluding hydrogens is 276 g/mol. The molecule has 108 valence electrons. The van der Waals surface area contributed by atoms with Crippen LogP contribution in [0.2, 0.25) is 0 Å². The Labute approximate surface area is 119 Å². The van der Waals surface area contributed by atoms with E-state index in [2.05, 4.69) is 0 Å². The summed E-state index contributed by atoms with van der Waals surface area (Å²) in [6.45, 7) is 2.88. The van der Waals surface area contributed by atoms with E-state index in [-0.39, 0.29) is 0 Å². The van der Waals surface area contributed by atoms with Crippen molar-refractivity contribution < 1.29 is 17.9 Å². The van der Waals surface area contributed by atoms with Crippen molar-refractivity contribution in [1.82, 2.24) is 0 Å². The molecule has 1 atom stereocenters. The van der Waals surface area contributed by atoms with Crippen molar-refractivity contribution in [3.63, 3.8) is 0 Å². The molecule has 0 amide bonds. The van der Waals surface area contributed by atoms with Crippen LogP contribution in [0.25, 0.3) is 0 Å². The fourth-order valence-electron chi connectivity index (χ4n) is 2.70. The van der Waals surface area contributed by atoms with Gasteiger partial charge in [0.05, 0.1) is 22.9 Å². The van der Waals surface area contributed by atoms with Gasteiger partial charge in [0.2, 0.25) is 0 Å². The van der Waals surface area contributed by atoms with Gasteiger partial charge in [0, 0.05) is 6.42 Å². The zero-order valence-corrected chi connectivity index (χ0v) is 12.2. The Morgan fingerprint density at radius 3 is 2.20 bits per heavy atom. The summed E-state index contributed by atoms with van der Waals surface area (Å²) in [6.07, 6.45) is 4.54. The maximum Gasteiger partial charge on any atom is 0.188 e. The van der Waals surface area contributed by atoms with Crippen LogP contribution in [0.1, 0.15) is 19.8 Å². The van der Waals surface area contributed by atoms with E-state index in [1.165, 1.54) is 0 Å². The minimum Gasteiger partial charge on any atom is -0.344 e. The van der Waals surface area contributed by atoms with E-state index in [0.29, 0.717) is 31.0 Å². The highest BCUT2D eigenvalue weighted by atomic mass is 32.2. The Bertz CT molecular complexity index is 615. The summed E-state index contributed by atoms with van der Waals surface area (Å²) in [5.41, 5.74) is 0. The summed E-state index contributed by atoms with van der Waals surface area (Å²) in [4.78, 5) is 0.358. The molecule has 1 saturated heterocycles. The van der Waals surface area contributed by atoms with Gasteiger partial charge in [-0.25, -0.2) is 8.42 Å². The van der Waals surface area contributed by atoms with Crippen molar-refractivity contribution in [3.8, 4) is 0 Å². The molecule has 1 heterocycles. The van der Waals surface area contributed by atoms with Crippen LogP contribution >= 0.6 is 0 Å². The maximum absolute atomic E-state index is 12.8. The predicted octanol–water partition coefficient (Wildman–Crippen LogP) is 2.31. The van der Waals surface area contributed by atoms with E-state index in [1.54, 1.807) is 43.3 Å². The fourth-order valence-corrected chi connectivity index (χ4v) is 4.37. The second-order valence-electron chi connectivity index (χ2n) is 5.47. The number of benzene rings is 1. The Kier molecular flexibility index (Phi) is 3.23. The van der Waals surface area contributed by atoms with Gasteiger partial charge >= 0.3 is 0 Å². The SMILES string of the molecule is C[C@@]1(S(=O)(=O)c2ccccc2)C=CC2(CC1)OCCO2. The van der Waals surface area contributed by atoms with Crippen LogP contribution in [0.5, 0.6) is 0 Å². The third-order valence-corrected chi connectivity index (χ3v) is 6.56. The molecule has 2 aliphatic rings. The molecule has 0 radical (unpaired) electrons. The zero-order chi connectivity index (χ0) is 14.3. The lowest BCUT2D eigenvalue weighted by atomic mass is 9.92. The first-order valence-corrected chi connectivity index (χ1v) is 8.24. The van der Waals surface area contributed by atoms with Crippen molar-refractivity contribution >= 4 is 9.84 Å². The highest BCUT2D eigenvalue weighted by Gasteiger charge is 2.46. The maximum atomic E-state index is 12.8. The molecule has 0 unspecified atom stereocenters. The van der Waals surface area contributed by atoms with Crippen LogP contribution < -0.4 is 0 Å². The second-order valence-corrected chi connectivity index (χ2v) is 7.88. The quantitative estimate of drug-likeness (QED) is 0.785. The lowest BCUT2D eigenvalue weighted by Gasteiger charge is -2.36. The summed E-state index contributed by atoms with van der Waals surface area (Å²) in [5.74, 6) is -0.703. The molecule has 1 aliphatic carbocycles. The van der Waals surface area contributed by atoms with Crippen LogP contribution in [-0.2, 0) is 19.3 Å². The summed E-state index contributed by atoms with van der Waals surface area (Å²) < 4.78 is 35.8. The van der Waals surface area contributed by atoms with Gasteiger partial charge in [-0.3, -0.25) is 0 Å². The largest absolute Gasteiger partial charge is 0.344 e. The van der Waals surface area contributed by atoms with Crippen molar-refractivity contribution in [2.24, 2.45) is 0 Å². The van der Waals surface area contributed by atoms with Gasteiger partial charge in [-0.05, 0) is 31.6 Å². The molecule has 4 nitrogen and oxygen atoms in total. The van der Waals surface area contributed by atoms with E-state index in [4.69, 9.17) is 9.47 Å². The standard InChI is InChI=1S/C15H18O4S/c1-14(20(16,17)13-5-3-2-4-6-13)7-9-15(10-8-14)18-11-12-19-15/h2-7,9H,8,10-12H2,1H3/t14-/m1/s1. The van der Waals surface area contributed by atoms with Crippen LogP contribution in [0, 0.1) is 0 Å². The van der Waals surface area contributed by atoms with Crippen molar-refractivity contribution in [2.45, 2.75) is 35.2 Å². The monoisotopic (exact) mass is 294 g/mol. The minimum absolute atomic E-state index is 0.358. The molecule has 20 heavy (non-hydrogen) atoms. The first-order chi connectivity index (χ1) is 9.48. The number of hydrogen-bond acceptors (Lipinski definition) is 4. The molecule has 1 fully saturated rings. The first kappa shape index (κ1) is 13.8. The van der Waals surface area contributed by atoms with Gasteiger partial charge in [-0.2, -0.15) is 0 Å². The average Bonchev–Trinajstić information content (AvgIpc) is 2.92. The molecule has 1 aromatic carbocycles. The smallest absolute Gasteiger partial charge is 0.188 e. The van der Waals surface area contributed by atoms with E-state index in [1.807, 2.05) is 6.07 Å². The van der Waals surface area contributed by atoms with Gasteiger partial charge in [0.15, 0.2) is 15.6 Å². The zero-order valence-electron chi connectivity index (χ0n) is 11.4. The molecule has 1 aliphatic heterocycles. The third kappa shape index (κ3) is 2.10. The van der Waals surface area contributed by atoms with Crippen LogP contribution in [0.15, 0.2) is 47.4 Å². The highest BCUT2D eigenvalue weighted by Crippen LogP contribution is 2.40. The van der Waals surface area contributed by atoms with Gasteiger partial charge in [0.25, 0.3) is 0 Å². The van der Waals surface area contributed by atoms with Crippen LogP contribution in [0.3, 0.4) is 0 Å².